The van der Waals surface area contributed by atoms with Gasteiger partial charge in [0.25, 0.3) is 5.95 Å². The van der Waals surface area contributed by atoms with Crippen molar-refractivity contribution in [2.24, 2.45) is 5.92 Å². The molecule has 0 radical (unpaired) electrons. The van der Waals surface area contributed by atoms with Crippen LogP contribution >= 0.6 is 0 Å². The van der Waals surface area contributed by atoms with E-state index in [1.807, 2.05) is 7.05 Å². The lowest BCUT2D eigenvalue weighted by Gasteiger charge is -2.18. The van der Waals surface area contributed by atoms with Gasteiger partial charge >= 0.3 is 10.4 Å². The first-order valence-corrected chi connectivity index (χ1v) is 9.93. The van der Waals surface area contributed by atoms with Crippen LogP contribution in [0.3, 0.4) is 0 Å². The zero-order valence-electron chi connectivity index (χ0n) is 15.3. The molecule has 150 valence electrons. The van der Waals surface area contributed by atoms with E-state index in [9.17, 15) is 0 Å². The Labute approximate surface area is 154 Å². The molecule has 1 aliphatic carbocycles. The molecule has 0 aromatic carbocycles. The first kappa shape index (κ1) is 22.3. The van der Waals surface area contributed by atoms with E-state index >= 15 is 0 Å². The number of anilines is 3. The summed E-state index contributed by atoms with van der Waals surface area (Å²) in [5, 5.41) is 8.03. The zero-order chi connectivity index (χ0) is 19.6. The second-order valence-electron chi connectivity index (χ2n) is 5.82. The molecule has 1 aromatic heterocycles. The van der Waals surface area contributed by atoms with Crippen LogP contribution in [-0.2, 0) is 15.2 Å². The highest BCUT2D eigenvalue weighted by Gasteiger charge is 2.23. The van der Waals surface area contributed by atoms with Crippen LogP contribution in [-0.4, -0.2) is 59.2 Å². The quantitative estimate of drug-likeness (QED) is 0.340. The van der Waals surface area contributed by atoms with Gasteiger partial charge in [-0.2, -0.15) is 23.4 Å². The van der Waals surface area contributed by atoms with Crippen LogP contribution in [0.2, 0.25) is 0 Å². The lowest BCUT2D eigenvalue weighted by atomic mass is 10.5. The zero-order valence-corrected chi connectivity index (χ0v) is 16.2. The Morgan fingerprint density at radius 3 is 1.92 bits per heavy atom. The Balaban J connectivity index is 0.000000597. The van der Waals surface area contributed by atoms with Gasteiger partial charge in [-0.3, -0.25) is 13.9 Å². The van der Waals surface area contributed by atoms with Gasteiger partial charge in [-0.05, 0) is 31.6 Å². The maximum Gasteiger partial charge on any atom is 0.394 e. The minimum Gasteiger partial charge on any atom is -0.354 e. The summed E-state index contributed by atoms with van der Waals surface area (Å²) < 4.78 is 31.6. The van der Waals surface area contributed by atoms with Crippen LogP contribution in [0.1, 0.15) is 39.5 Å². The molecule has 0 aliphatic heterocycles. The van der Waals surface area contributed by atoms with Crippen molar-refractivity contribution in [1.29, 1.82) is 0 Å². The van der Waals surface area contributed by atoms with E-state index in [2.05, 4.69) is 39.4 Å². The third-order valence-electron chi connectivity index (χ3n) is 3.17. The number of nitrogens with one attached hydrogen (secondary N) is 2. The monoisotopic (exact) mass is 392 g/mol. The molecule has 1 heterocycles. The molecule has 0 amide bonds. The largest absolute Gasteiger partial charge is 0.394 e. The van der Waals surface area contributed by atoms with Crippen LogP contribution < -0.4 is 15.7 Å². The third kappa shape index (κ3) is 11.0. The highest BCUT2D eigenvalue weighted by molar-refractivity contribution is 7.79. The molecule has 0 unspecified atom stereocenters. The predicted molar refractivity (Wildman–Crippen MR) is 98.6 cm³/mol. The molecule has 1 fully saturated rings. The number of rotatable bonds is 10. The number of hydroxylamine groups is 1. The van der Waals surface area contributed by atoms with Crippen LogP contribution in [0.5, 0.6) is 0 Å². The summed E-state index contributed by atoms with van der Waals surface area (Å²) in [6.07, 6.45) is 4.56. The van der Waals surface area contributed by atoms with Gasteiger partial charge in [0.15, 0.2) is 0 Å². The number of hydrogen-bond donors (Lipinski definition) is 4. The van der Waals surface area contributed by atoms with Gasteiger partial charge in [-0.1, -0.05) is 13.8 Å². The number of nitrogens with zero attached hydrogens (tertiary/aromatic N) is 4. The van der Waals surface area contributed by atoms with Crippen molar-refractivity contribution in [2.45, 2.75) is 39.5 Å². The molecule has 26 heavy (non-hydrogen) atoms. The van der Waals surface area contributed by atoms with E-state index in [1.165, 1.54) is 12.8 Å². The first-order valence-electron chi connectivity index (χ1n) is 8.53. The summed E-state index contributed by atoms with van der Waals surface area (Å²) >= 11 is 0. The smallest absolute Gasteiger partial charge is 0.354 e. The van der Waals surface area contributed by atoms with Gasteiger partial charge in [-0.25, -0.2) is 5.06 Å². The fourth-order valence-corrected chi connectivity index (χ4v) is 1.70. The summed E-state index contributed by atoms with van der Waals surface area (Å²) in [6.45, 7) is 6.62. The Kier molecular flexibility index (Phi) is 9.48. The van der Waals surface area contributed by atoms with Crippen LogP contribution in [0.4, 0.5) is 17.8 Å². The van der Waals surface area contributed by atoms with E-state index in [-0.39, 0.29) is 0 Å². The van der Waals surface area contributed by atoms with Crippen LogP contribution in [0.25, 0.3) is 0 Å². The summed E-state index contributed by atoms with van der Waals surface area (Å²) in [5.74, 6) is 2.40. The molecule has 0 spiro atoms. The Morgan fingerprint density at radius 1 is 1.08 bits per heavy atom. The summed E-state index contributed by atoms with van der Waals surface area (Å²) in [7, 11) is -2.83. The predicted octanol–water partition coefficient (Wildman–Crippen LogP) is 1.64. The van der Waals surface area contributed by atoms with Crippen molar-refractivity contribution in [2.75, 3.05) is 42.4 Å². The average molecular weight is 392 g/mol. The molecular formula is C14H28N6O5S. The second kappa shape index (κ2) is 11.1. The summed E-state index contributed by atoms with van der Waals surface area (Å²) in [6, 6.07) is 0. The minimum atomic E-state index is -4.67. The lowest BCUT2D eigenvalue weighted by Crippen LogP contribution is -2.23. The van der Waals surface area contributed by atoms with Gasteiger partial charge in [0, 0.05) is 20.1 Å². The summed E-state index contributed by atoms with van der Waals surface area (Å²) in [5.41, 5.74) is 0. The molecule has 1 saturated carbocycles. The molecule has 4 N–H and O–H groups in total. The van der Waals surface area contributed by atoms with Crippen molar-refractivity contribution < 1.29 is 22.4 Å². The lowest BCUT2D eigenvalue weighted by molar-refractivity contribution is 0.109. The van der Waals surface area contributed by atoms with Crippen molar-refractivity contribution in [1.82, 2.24) is 15.0 Å². The SMILES string of the molecule is CCCNc1nc(NCCC)nc(N(C)OCC2CC2)n1.O=S(=O)(O)O. The molecule has 11 nitrogen and oxygen atoms in total. The van der Waals surface area contributed by atoms with Crippen molar-refractivity contribution >= 4 is 28.2 Å². The van der Waals surface area contributed by atoms with Crippen LogP contribution in [0.15, 0.2) is 0 Å². The molecule has 1 aliphatic rings. The van der Waals surface area contributed by atoms with Crippen molar-refractivity contribution in [3.8, 4) is 0 Å². The average Bonchev–Trinajstić information content (AvgIpc) is 3.38. The second-order valence-corrected chi connectivity index (χ2v) is 6.72. The Bertz CT molecular complexity index is 606. The fourth-order valence-electron chi connectivity index (χ4n) is 1.70. The van der Waals surface area contributed by atoms with E-state index in [4.69, 9.17) is 22.4 Å². The Hall–Kier alpha value is -1.76. The Morgan fingerprint density at radius 2 is 1.54 bits per heavy atom. The van der Waals surface area contributed by atoms with Gasteiger partial charge in [0.2, 0.25) is 11.9 Å². The maximum atomic E-state index is 8.74. The molecule has 12 heteroatoms. The maximum absolute atomic E-state index is 8.74. The first-order chi connectivity index (χ1) is 12.2. The van der Waals surface area contributed by atoms with E-state index in [0.29, 0.717) is 23.8 Å². The van der Waals surface area contributed by atoms with Gasteiger partial charge in [0.05, 0.1) is 6.61 Å². The minimum absolute atomic E-state index is 0.530. The fraction of sp³-hybridized carbons (Fsp3) is 0.786. The van der Waals surface area contributed by atoms with E-state index in [0.717, 1.165) is 32.5 Å². The topological polar surface area (TPSA) is 150 Å². The molecule has 2 rings (SSSR count). The van der Waals surface area contributed by atoms with Gasteiger partial charge in [-0.15, -0.1) is 0 Å². The molecule has 0 saturated heterocycles. The summed E-state index contributed by atoms with van der Waals surface area (Å²) in [4.78, 5) is 18.9. The van der Waals surface area contributed by atoms with Crippen molar-refractivity contribution in [3.05, 3.63) is 0 Å². The number of hydrogen-bond acceptors (Lipinski definition) is 9. The standard InChI is InChI=1S/C14H26N6O.H2O4S/c1-4-8-15-12-17-13(16-9-5-2)19-14(18-12)20(3)21-10-11-6-7-11;1-5(2,3)4/h11H,4-10H2,1-3H3,(H2,15,16,17,18,19);(H2,1,2,3,4). The van der Waals surface area contributed by atoms with Gasteiger partial charge < -0.3 is 10.6 Å². The molecule has 1 aromatic rings. The molecule has 0 bridgehead atoms. The molecular weight excluding hydrogens is 364 g/mol. The van der Waals surface area contributed by atoms with E-state index < -0.39 is 10.4 Å². The number of aromatic nitrogens is 3. The van der Waals surface area contributed by atoms with E-state index in [1.54, 1.807) is 5.06 Å². The van der Waals surface area contributed by atoms with Crippen LogP contribution in [0, 0.1) is 5.92 Å². The van der Waals surface area contributed by atoms with Gasteiger partial charge in [0.1, 0.15) is 0 Å². The molecule has 0 atom stereocenters. The highest BCUT2D eigenvalue weighted by atomic mass is 32.3. The highest BCUT2D eigenvalue weighted by Crippen LogP contribution is 2.29. The third-order valence-corrected chi connectivity index (χ3v) is 3.17. The normalized spacial score (nSPS) is 13.6. The van der Waals surface area contributed by atoms with Crippen molar-refractivity contribution in [3.63, 3.8) is 0 Å².